The molecule has 0 unspecified atom stereocenters. The summed E-state index contributed by atoms with van der Waals surface area (Å²) in [6.07, 6.45) is 0. The lowest BCUT2D eigenvalue weighted by molar-refractivity contribution is 0.414. The maximum atomic E-state index is 5.42. The molecule has 0 saturated heterocycles. The van der Waals surface area contributed by atoms with Gasteiger partial charge in [-0.1, -0.05) is 24.3 Å². The molecule has 6 heteroatoms. The van der Waals surface area contributed by atoms with Gasteiger partial charge in [0.15, 0.2) is 0 Å². The lowest BCUT2D eigenvalue weighted by atomic mass is 10.0. The fraction of sp³-hybridized carbons (Fsp3) is 0.100. The maximum absolute atomic E-state index is 5.42. The van der Waals surface area contributed by atoms with E-state index in [2.05, 4.69) is 107 Å². The van der Waals surface area contributed by atoms with Crippen LogP contribution in [-0.4, -0.2) is 28.4 Å². The fourth-order valence-corrected chi connectivity index (χ4v) is 5.45. The van der Waals surface area contributed by atoms with E-state index in [0.717, 1.165) is 68.2 Å². The Morgan fingerprint density at radius 3 is 0.935 bits per heavy atom. The lowest BCUT2D eigenvalue weighted by Crippen LogP contribution is -2.10. The van der Waals surface area contributed by atoms with Gasteiger partial charge in [-0.05, 0) is 132 Å². The molecule has 6 rings (SSSR count). The van der Waals surface area contributed by atoms with Crippen molar-refractivity contribution in [3.05, 3.63) is 146 Å². The Morgan fingerprint density at radius 2 is 0.609 bits per heavy atom. The van der Waals surface area contributed by atoms with Gasteiger partial charge in [0, 0.05) is 34.1 Å². The van der Waals surface area contributed by atoms with Crippen molar-refractivity contribution in [2.45, 2.75) is 0 Å². The molecule has 6 nitrogen and oxygen atoms in total. The first-order valence-electron chi connectivity index (χ1n) is 15.0. The summed E-state index contributed by atoms with van der Waals surface area (Å²) < 4.78 is 21.7. The molecular formula is C40H36N2O4. The lowest BCUT2D eigenvalue weighted by Gasteiger charge is -2.27. The van der Waals surface area contributed by atoms with Crippen molar-refractivity contribution in [3.8, 4) is 34.1 Å². The zero-order chi connectivity index (χ0) is 31.9. The predicted octanol–water partition coefficient (Wildman–Crippen LogP) is 10.3. The first-order chi connectivity index (χ1) is 22.6. The van der Waals surface area contributed by atoms with E-state index in [1.54, 1.807) is 28.4 Å². The van der Waals surface area contributed by atoms with E-state index in [4.69, 9.17) is 18.9 Å². The van der Waals surface area contributed by atoms with Crippen molar-refractivity contribution in [2.75, 3.05) is 38.2 Å². The summed E-state index contributed by atoms with van der Waals surface area (Å²) in [5, 5.41) is 0. The summed E-state index contributed by atoms with van der Waals surface area (Å²) in [5.74, 6) is 3.25. The molecule has 0 aliphatic heterocycles. The fourth-order valence-electron chi connectivity index (χ4n) is 5.45. The molecule has 6 aromatic rings. The summed E-state index contributed by atoms with van der Waals surface area (Å²) in [5.41, 5.74) is 8.38. The molecule has 0 N–H and O–H groups in total. The van der Waals surface area contributed by atoms with Gasteiger partial charge < -0.3 is 28.7 Å². The SMILES string of the molecule is COc1ccc(N(c2ccc(OC)cc2)c2ccc(-c3cccc(N(c4ccc(OC)cc4)c4ccc(OC)cc4)c3)cc2)cc1. The molecule has 0 aliphatic carbocycles. The Labute approximate surface area is 270 Å². The quantitative estimate of drug-likeness (QED) is 0.146. The normalized spacial score (nSPS) is 10.6. The number of anilines is 6. The first kappa shape index (κ1) is 30.2. The third kappa shape index (κ3) is 6.47. The standard InChI is InChI=1S/C40H36N2O4/c1-43-37-20-12-32(13-21-37)41(33-14-22-38(44-2)23-15-33)31-10-8-29(9-11-31)30-6-5-7-36(28-30)42(34-16-24-39(45-3)25-17-34)35-18-26-40(46-4)27-19-35/h5-28H,1-4H3. The van der Waals surface area contributed by atoms with E-state index >= 15 is 0 Å². The Balaban J connectivity index is 1.36. The van der Waals surface area contributed by atoms with Crippen LogP contribution in [0.1, 0.15) is 0 Å². The summed E-state index contributed by atoms with van der Waals surface area (Å²) in [6, 6.07) is 49.6. The van der Waals surface area contributed by atoms with Crippen LogP contribution >= 0.6 is 0 Å². The van der Waals surface area contributed by atoms with E-state index < -0.39 is 0 Å². The van der Waals surface area contributed by atoms with Gasteiger partial charge in [-0.25, -0.2) is 0 Å². The third-order valence-corrected chi connectivity index (χ3v) is 7.89. The second-order valence-corrected chi connectivity index (χ2v) is 10.6. The highest BCUT2D eigenvalue weighted by molar-refractivity contribution is 5.82. The van der Waals surface area contributed by atoms with E-state index in [1.807, 2.05) is 48.5 Å². The molecule has 0 saturated carbocycles. The van der Waals surface area contributed by atoms with Gasteiger partial charge in [0.1, 0.15) is 23.0 Å². The molecule has 0 aliphatic rings. The van der Waals surface area contributed by atoms with E-state index in [9.17, 15) is 0 Å². The highest BCUT2D eigenvalue weighted by atomic mass is 16.5. The second kappa shape index (κ2) is 13.8. The Morgan fingerprint density at radius 1 is 0.304 bits per heavy atom. The van der Waals surface area contributed by atoms with Gasteiger partial charge in [0.2, 0.25) is 0 Å². The van der Waals surface area contributed by atoms with Crippen LogP contribution in [0.15, 0.2) is 146 Å². The van der Waals surface area contributed by atoms with Crippen molar-refractivity contribution in [2.24, 2.45) is 0 Å². The number of rotatable bonds is 11. The van der Waals surface area contributed by atoms with E-state index in [0.29, 0.717) is 0 Å². The van der Waals surface area contributed by atoms with Gasteiger partial charge in [-0.3, -0.25) is 0 Å². The molecule has 0 bridgehead atoms. The minimum atomic E-state index is 0.811. The van der Waals surface area contributed by atoms with E-state index in [-0.39, 0.29) is 0 Å². The largest absolute Gasteiger partial charge is 0.497 e. The van der Waals surface area contributed by atoms with Crippen molar-refractivity contribution in [1.82, 2.24) is 0 Å². The Bertz CT molecular complexity index is 1760. The Hall–Kier alpha value is -5.88. The van der Waals surface area contributed by atoms with Crippen molar-refractivity contribution in [3.63, 3.8) is 0 Å². The van der Waals surface area contributed by atoms with Crippen LogP contribution in [0.25, 0.3) is 11.1 Å². The predicted molar refractivity (Wildman–Crippen MR) is 187 cm³/mol. The van der Waals surface area contributed by atoms with Crippen LogP contribution in [-0.2, 0) is 0 Å². The molecular weight excluding hydrogens is 572 g/mol. The topological polar surface area (TPSA) is 43.4 Å². The zero-order valence-electron chi connectivity index (χ0n) is 26.4. The molecule has 0 radical (unpaired) electrons. The highest BCUT2D eigenvalue weighted by Crippen LogP contribution is 2.40. The summed E-state index contributed by atoms with van der Waals surface area (Å²) in [7, 11) is 6.71. The van der Waals surface area contributed by atoms with Gasteiger partial charge in [0.25, 0.3) is 0 Å². The number of nitrogens with zero attached hydrogens (tertiary/aromatic N) is 2. The molecule has 0 spiro atoms. The van der Waals surface area contributed by atoms with Crippen LogP contribution < -0.4 is 28.7 Å². The monoisotopic (exact) mass is 608 g/mol. The number of ether oxygens (including phenoxy) is 4. The second-order valence-electron chi connectivity index (χ2n) is 10.6. The summed E-state index contributed by atoms with van der Waals surface area (Å²) >= 11 is 0. The zero-order valence-corrected chi connectivity index (χ0v) is 26.4. The number of methoxy groups -OCH3 is 4. The molecule has 0 amide bonds. The molecule has 6 aromatic carbocycles. The minimum Gasteiger partial charge on any atom is -0.497 e. The summed E-state index contributed by atoms with van der Waals surface area (Å²) in [6.45, 7) is 0. The molecule has 46 heavy (non-hydrogen) atoms. The average Bonchev–Trinajstić information content (AvgIpc) is 3.13. The minimum absolute atomic E-state index is 0.811. The van der Waals surface area contributed by atoms with Crippen molar-refractivity contribution >= 4 is 34.1 Å². The maximum Gasteiger partial charge on any atom is 0.119 e. The van der Waals surface area contributed by atoms with Crippen LogP contribution in [0.4, 0.5) is 34.1 Å². The molecule has 0 heterocycles. The molecule has 0 fully saturated rings. The first-order valence-corrected chi connectivity index (χ1v) is 15.0. The summed E-state index contributed by atoms with van der Waals surface area (Å²) in [4.78, 5) is 4.44. The van der Waals surface area contributed by atoms with Crippen LogP contribution in [0.5, 0.6) is 23.0 Å². The van der Waals surface area contributed by atoms with Crippen LogP contribution in [0.2, 0.25) is 0 Å². The van der Waals surface area contributed by atoms with Gasteiger partial charge >= 0.3 is 0 Å². The number of hydrogen-bond donors (Lipinski definition) is 0. The van der Waals surface area contributed by atoms with Crippen molar-refractivity contribution < 1.29 is 18.9 Å². The van der Waals surface area contributed by atoms with Gasteiger partial charge in [0.05, 0.1) is 28.4 Å². The highest BCUT2D eigenvalue weighted by Gasteiger charge is 2.16. The van der Waals surface area contributed by atoms with Crippen molar-refractivity contribution in [1.29, 1.82) is 0 Å². The average molecular weight is 609 g/mol. The van der Waals surface area contributed by atoms with Gasteiger partial charge in [-0.2, -0.15) is 0 Å². The smallest absolute Gasteiger partial charge is 0.119 e. The number of hydrogen-bond acceptors (Lipinski definition) is 6. The Kier molecular flexibility index (Phi) is 9.07. The third-order valence-electron chi connectivity index (χ3n) is 7.89. The molecule has 230 valence electrons. The van der Waals surface area contributed by atoms with Crippen LogP contribution in [0, 0.1) is 0 Å². The molecule has 0 aromatic heterocycles. The number of benzene rings is 6. The van der Waals surface area contributed by atoms with Gasteiger partial charge in [-0.15, -0.1) is 0 Å². The van der Waals surface area contributed by atoms with E-state index in [1.165, 1.54) is 0 Å². The van der Waals surface area contributed by atoms with Crippen LogP contribution in [0.3, 0.4) is 0 Å². The molecule has 0 atom stereocenters.